The number of ketones is 4. The van der Waals surface area contributed by atoms with Gasteiger partial charge in [0, 0.05) is 51.6 Å². The van der Waals surface area contributed by atoms with Crippen LogP contribution in [0.25, 0.3) is 0 Å². The van der Waals surface area contributed by atoms with Gasteiger partial charge in [-0.05, 0) is 267 Å². The van der Waals surface area contributed by atoms with Crippen molar-refractivity contribution in [2.75, 3.05) is 26.0 Å². The maximum absolute atomic E-state index is 13.2. The lowest BCUT2D eigenvalue weighted by atomic mass is 9.98. The first kappa shape index (κ1) is 128. The number of sulfonamides is 4. The molecule has 0 spiro atoms. The molecule has 25 heteroatoms. The fourth-order valence-electron chi connectivity index (χ4n) is 11.0. The highest BCUT2D eigenvalue weighted by Crippen LogP contribution is 2.32. The SMILES string of the molecule is CC.CC.CC.CC.CC.CC.CC.CC.CC.CC.CC.CC.CO[n+]1ccccc1C(=O)c1cc(C)c(C)cc1NS(=O)(=O)c1ccccc1.Cc1cc(NS(=O)(=O)c2ccccc2)c(C(=O)c2ccccn2)cc1C.Cc1ccc(S(=O)(=O)Nc2cc(C)c(C)cc2C(=O)c2cccc(C)n2)cc1.Cc1ccc(S(=O)(=O)Nc2cc(C)c(C)cc2C(=O)c2ncccc2C)cc1. The molecule has 0 aliphatic rings. The second kappa shape index (κ2) is 68.8. The molecule has 0 unspecified atom stereocenters. The Bertz CT molecular complexity index is 5940. The number of benzene rings is 8. The smallest absolute Gasteiger partial charge is 0.287 e. The van der Waals surface area contributed by atoms with Crippen molar-refractivity contribution in [3.63, 3.8) is 0 Å². The normalized spacial score (nSPS) is 9.74. The Morgan fingerprint density at radius 1 is 0.269 bits per heavy atom. The summed E-state index contributed by atoms with van der Waals surface area (Å²) >= 11 is 0. The summed E-state index contributed by atoms with van der Waals surface area (Å²) in [5.74, 6) is -1.33. The fraction of sp³-hybridized carbons (Fsp3) is 0.339. The van der Waals surface area contributed by atoms with Gasteiger partial charge < -0.3 is 0 Å². The first-order valence-corrected chi connectivity index (χ1v) is 52.3. The molecule has 0 aliphatic heterocycles. The minimum atomic E-state index is -3.84. The van der Waals surface area contributed by atoms with Crippen molar-refractivity contribution in [2.24, 2.45) is 0 Å². The Kier molecular flexibility index (Phi) is 65.8. The molecule has 12 rings (SSSR count). The molecule has 8 aromatic carbocycles. The Morgan fingerprint density at radius 3 is 0.866 bits per heavy atom. The topological polar surface area (TPSA) is 305 Å². The zero-order valence-corrected chi connectivity index (χ0v) is 90.1. The van der Waals surface area contributed by atoms with Crippen LogP contribution in [0.5, 0.6) is 0 Å². The van der Waals surface area contributed by atoms with E-state index in [1.807, 2.05) is 235 Å². The summed E-state index contributed by atoms with van der Waals surface area (Å²) in [5.41, 5.74) is 13.6. The van der Waals surface area contributed by atoms with Crippen LogP contribution in [-0.4, -0.2) is 78.9 Å². The van der Waals surface area contributed by atoms with Crippen molar-refractivity contribution in [3.05, 3.63) is 355 Å². The summed E-state index contributed by atoms with van der Waals surface area (Å²) in [7, 11) is -13.8. The van der Waals surface area contributed by atoms with Gasteiger partial charge in [0.15, 0.2) is 0 Å². The first-order valence-electron chi connectivity index (χ1n) is 46.4. The van der Waals surface area contributed by atoms with Gasteiger partial charge in [0.2, 0.25) is 23.5 Å². The van der Waals surface area contributed by atoms with Crippen LogP contribution in [0.1, 0.15) is 297 Å². The molecule has 0 fully saturated rings. The first-order chi connectivity index (χ1) is 64.1. The molecule has 4 aromatic heterocycles. The van der Waals surface area contributed by atoms with Crippen LogP contribution < -0.4 is 28.5 Å². The summed E-state index contributed by atoms with van der Waals surface area (Å²) in [5, 5.41) is 0. The van der Waals surface area contributed by atoms with Crippen LogP contribution in [-0.2, 0) is 40.1 Å². The van der Waals surface area contributed by atoms with Crippen LogP contribution in [0.2, 0.25) is 0 Å². The fourth-order valence-corrected chi connectivity index (χ4v) is 15.3. The molecule has 0 radical (unpaired) electrons. The molecule has 0 saturated carbocycles. The Balaban J connectivity index is -0.000000779. The van der Waals surface area contributed by atoms with Crippen molar-refractivity contribution >= 4 is 86.0 Å². The Morgan fingerprint density at radius 2 is 0.552 bits per heavy atom. The van der Waals surface area contributed by atoms with Gasteiger partial charge in [0.25, 0.3) is 45.9 Å². The van der Waals surface area contributed by atoms with E-state index in [9.17, 15) is 52.8 Å². The van der Waals surface area contributed by atoms with E-state index in [0.717, 1.165) is 66.9 Å². The number of hydrogen-bond acceptors (Lipinski definition) is 16. The number of carbonyl (C=O) groups excluding carboxylic acids is 4. The second-order valence-corrected chi connectivity index (χ2v) is 32.8. The molecule has 12 aromatic rings. The van der Waals surface area contributed by atoms with Crippen molar-refractivity contribution < 1.29 is 62.4 Å². The van der Waals surface area contributed by atoms with Gasteiger partial charge >= 0.3 is 5.69 Å². The van der Waals surface area contributed by atoms with Crippen LogP contribution >= 0.6 is 0 Å². The van der Waals surface area contributed by atoms with Crippen LogP contribution in [0.3, 0.4) is 0 Å². The van der Waals surface area contributed by atoms with E-state index in [0.29, 0.717) is 5.69 Å². The van der Waals surface area contributed by atoms with Gasteiger partial charge in [0.05, 0.1) is 47.9 Å². The number of carbonyl (C=O) groups is 4. The predicted molar refractivity (Wildman–Crippen MR) is 563 cm³/mol. The molecular weight excluding hydrogens is 1760 g/mol. The van der Waals surface area contributed by atoms with Crippen molar-refractivity contribution in [3.8, 4) is 0 Å². The molecule has 732 valence electrons. The van der Waals surface area contributed by atoms with Gasteiger partial charge in [-0.1, -0.05) is 256 Å². The zero-order valence-electron chi connectivity index (χ0n) is 86.8. The molecule has 0 atom stereocenters. The third-order valence-electron chi connectivity index (χ3n) is 17.8. The van der Waals surface area contributed by atoms with Gasteiger partial charge in [-0.15, -0.1) is 0 Å². The lowest BCUT2D eigenvalue weighted by Crippen LogP contribution is -2.45. The number of anilines is 4. The van der Waals surface area contributed by atoms with Crippen LogP contribution in [0, 0.1) is 83.1 Å². The van der Waals surface area contributed by atoms with Crippen molar-refractivity contribution in [1.29, 1.82) is 0 Å². The van der Waals surface area contributed by atoms with E-state index in [1.54, 1.807) is 226 Å². The summed E-state index contributed by atoms with van der Waals surface area (Å²) in [6.07, 6.45) is 4.70. The molecule has 4 N–H and O–H groups in total. The number of nitrogens with zero attached hydrogens (tertiary/aromatic N) is 4. The number of hydrogen-bond donors (Lipinski definition) is 4. The van der Waals surface area contributed by atoms with E-state index >= 15 is 0 Å². The lowest BCUT2D eigenvalue weighted by Gasteiger charge is -2.15. The largest absolute Gasteiger partial charge is 0.305 e. The molecular formula is C109H155N8O13S4+. The number of aromatic nitrogens is 4. The summed E-state index contributed by atoms with van der Waals surface area (Å²) < 4.78 is 114. The maximum Gasteiger partial charge on any atom is 0.305 e. The van der Waals surface area contributed by atoms with Gasteiger partial charge in [-0.3, -0.25) is 52.9 Å². The van der Waals surface area contributed by atoms with Gasteiger partial charge in [0.1, 0.15) is 24.2 Å². The highest BCUT2D eigenvalue weighted by molar-refractivity contribution is 7.93. The lowest BCUT2D eigenvalue weighted by molar-refractivity contribution is -0.886. The summed E-state index contributed by atoms with van der Waals surface area (Å²) in [6, 6.07) is 61.6. The number of pyridine rings is 4. The Labute approximate surface area is 807 Å². The average molecular weight is 1910 g/mol. The third-order valence-corrected chi connectivity index (χ3v) is 23.3. The van der Waals surface area contributed by atoms with E-state index < -0.39 is 40.1 Å². The second-order valence-electron chi connectivity index (χ2n) is 26.1. The minimum Gasteiger partial charge on any atom is -0.287 e. The highest BCUT2D eigenvalue weighted by atomic mass is 32.2. The van der Waals surface area contributed by atoms with E-state index in [2.05, 4.69) is 33.8 Å². The monoisotopic (exact) mass is 1910 g/mol. The van der Waals surface area contributed by atoms with E-state index in [1.165, 1.54) is 42.3 Å². The average Bonchev–Trinajstić information content (AvgIpc) is 0.801. The van der Waals surface area contributed by atoms with Gasteiger partial charge in [-0.25, -0.2) is 38.7 Å². The molecule has 0 amide bonds. The van der Waals surface area contributed by atoms with E-state index in [4.69, 9.17) is 4.84 Å². The third kappa shape index (κ3) is 39.9. The van der Waals surface area contributed by atoms with Crippen molar-refractivity contribution in [2.45, 2.75) is 269 Å². The number of aryl methyl sites for hydroxylation is 12. The number of nitrogens with one attached hydrogen (secondary N) is 4. The molecule has 21 nitrogen and oxygen atoms in total. The standard InChI is InChI=1S/2C22H22N2O3S.C21H20N2O4S.C20H18N2O3S.12C2H6/c1-14-7-9-18(10-8-14)28(26,27)24-20-13-17(4)16(3)12-19(20)22(25)21-15(2)6-5-11-23-21;1-14-8-10-18(11-9-14)28(26,27)24-21-13-16(3)15(2)12-19(21)22(25)20-7-5-6-17(4)23-20;1-15-13-18(21(24)20-11-7-8-12-23(20)27-3)19(14-16(15)2)22-28(25,26)17-9-5-4-6-10-17;1-14-12-17(20(23)18-10-6-7-11-21-18)19(13-15(14)2)22-26(24,25)16-8-4-3-5-9-16;12*1-2/h2*5-13,24H,1-4H3;4-14H,1-3H3;3-13,22H,1-2H3;12*1-2H3/p+1. The number of rotatable bonds is 21. The van der Waals surface area contributed by atoms with Crippen LogP contribution in [0.4, 0.5) is 22.7 Å². The molecule has 134 heavy (non-hydrogen) atoms. The molecule has 0 saturated heterocycles. The van der Waals surface area contributed by atoms with Crippen LogP contribution in [0.15, 0.2) is 263 Å². The maximum atomic E-state index is 13.2. The quantitative estimate of drug-likeness (QED) is 0.0384. The molecule has 0 aliphatic carbocycles. The minimum absolute atomic E-state index is 0.123. The van der Waals surface area contributed by atoms with E-state index in [-0.39, 0.29) is 105 Å². The summed E-state index contributed by atoms with van der Waals surface area (Å²) in [4.78, 5) is 70.5. The van der Waals surface area contributed by atoms with Gasteiger partial charge in [-0.2, -0.15) is 0 Å². The van der Waals surface area contributed by atoms with Crippen molar-refractivity contribution in [1.82, 2.24) is 15.0 Å². The molecule has 4 heterocycles. The zero-order chi connectivity index (χ0) is 104. The summed E-state index contributed by atoms with van der Waals surface area (Å²) in [6.45, 7) is 70.4. The Hall–Kier alpha value is -12.2. The predicted octanol–water partition coefficient (Wildman–Crippen LogP) is 27.4. The highest BCUT2D eigenvalue weighted by Gasteiger charge is 2.29. The molecule has 0 bridgehead atoms.